The minimum absolute atomic E-state index is 0.0185. The lowest BCUT2D eigenvalue weighted by Crippen LogP contribution is -2.54. The van der Waals surface area contributed by atoms with E-state index in [1.54, 1.807) is 13.0 Å². The maximum Gasteiger partial charge on any atom is 0.331 e. The summed E-state index contributed by atoms with van der Waals surface area (Å²) in [7, 11) is 0. The van der Waals surface area contributed by atoms with Gasteiger partial charge in [0.1, 0.15) is 12.2 Å². The summed E-state index contributed by atoms with van der Waals surface area (Å²) in [4.78, 5) is 35.9. The van der Waals surface area contributed by atoms with Crippen molar-refractivity contribution in [3.05, 3.63) is 23.8 Å². The van der Waals surface area contributed by atoms with Crippen molar-refractivity contribution in [2.75, 3.05) is 6.61 Å². The lowest BCUT2D eigenvalue weighted by atomic mass is 9.62. The van der Waals surface area contributed by atoms with E-state index in [2.05, 4.69) is 6.08 Å². The van der Waals surface area contributed by atoms with Gasteiger partial charge in [-0.2, -0.15) is 0 Å². The molecule has 2 aliphatic carbocycles. The molecule has 3 aliphatic rings. The van der Waals surface area contributed by atoms with Gasteiger partial charge in [0.15, 0.2) is 5.60 Å². The zero-order valence-electron chi connectivity index (χ0n) is 14.0. The monoisotopic (exact) mass is 332 g/mol. The first-order chi connectivity index (χ1) is 11.6. The van der Waals surface area contributed by atoms with Gasteiger partial charge in [-0.25, -0.2) is 4.79 Å². The smallest absolute Gasteiger partial charge is 0.331 e. The molecule has 0 aromatic rings. The van der Waals surface area contributed by atoms with E-state index in [4.69, 9.17) is 9.47 Å². The standard InChI is InChI=1S/C19H24O5/c1-2-23-18(22)17-15-7-5-3-4-6-13(15)12-14(9-11-20)19(17)10-8-16(21)24-19/h8,10-12,14-15,17H,2-7,9H2,1H3/t14-,15+,17-,19+/m1/s1. The molecule has 24 heavy (non-hydrogen) atoms. The maximum absolute atomic E-state index is 12.8. The van der Waals surface area contributed by atoms with E-state index in [0.29, 0.717) is 0 Å². The van der Waals surface area contributed by atoms with Crippen LogP contribution in [-0.4, -0.2) is 30.4 Å². The van der Waals surface area contributed by atoms with Crippen molar-refractivity contribution in [1.82, 2.24) is 0 Å². The molecule has 1 heterocycles. The molecule has 1 fully saturated rings. The number of fused-ring (bicyclic) bond motifs is 1. The Bertz CT molecular complexity index is 591. The Hall–Kier alpha value is -1.91. The molecule has 0 aromatic carbocycles. The Balaban J connectivity index is 2.09. The summed E-state index contributed by atoms with van der Waals surface area (Å²) in [5, 5.41) is 0. The predicted molar refractivity (Wildman–Crippen MR) is 86.9 cm³/mol. The quantitative estimate of drug-likeness (QED) is 0.450. The number of rotatable bonds is 4. The molecule has 3 rings (SSSR count). The van der Waals surface area contributed by atoms with Crippen LogP contribution in [0.3, 0.4) is 0 Å². The molecule has 0 amide bonds. The van der Waals surface area contributed by atoms with Crippen molar-refractivity contribution < 1.29 is 23.9 Å². The maximum atomic E-state index is 12.8. The number of allylic oxidation sites excluding steroid dienone is 1. The summed E-state index contributed by atoms with van der Waals surface area (Å²) >= 11 is 0. The lowest BCUT2D eigenvalue weighted by molar-refractivity contribution is -0.173. The SMILES string of the molecule is CCOC(=O)[C@H]1[C@H]2CCCCCC2=C[C@@H](CC=O)[C@@]12C=CC(=O)O2. The van der Waals surface area contributed by atoms with E-state index in [0.717, 1.165) is 38.4 Å². The average Bonchev–Trinajstić information content (AvgIpc) is 2.78. The minimum atomic E-state index is -1.08. The second kappa shape index (κ2) is 6.91. The number of esters is 2. The van der Waals surface area contributed by atoms with E-state index < -0.39 is 17.5 Å². The van der Waals surface area contributed by atoms with Crippen LogP contribution in [0.1, 0.15) is 45.4 Å². The number of aldehydes is 1. The molecule has 5 nitrogen and oxygen atoms in total. The van der Waals surface area contributed by atoms with Crippen LogP contribution in [0.25, 0.3) is 0 Å². The number of hydrogen-bond donors (Lipinski definition) is 0. The third-order valence-electron chi connectivity index (χ3n) is 5.49. The fourth-order valence-electron chi connectivity index (χ4n) is 4.51. The van der Waals surface area contributed by atoms with Gasteiger partial charge in [-0.3, -0.25) is 4.79 Å². The summed E-state index contributed by atoms with van der Waals surface area (Å²) in [6.45, 7) is 2.06. The van der Waals surface area contributed by atoms with Gasteiger partial charge in [0, 0.05) is 18.4 Å². The highest BCUT2D eigenvalue weighted by atomic mass is 16.6. The molecule has 0 aromatic heterocycles. The Labute approximate surface area is 142 Å². The molecular weight excluding hydrogens is 308 g/mol. The first-order valence-corrected chi connectivity index (χ1v) is 8.85. The van der Waals surface area contributed by atoms with Gasteiger partial charge in [0.05, 0.1) is 6.61 Å². The van der Waals surface area contributed by atoms with Crippen LogP contribution in [0.15, 0.2) is 23.8 Å². The van der Waals surface area contributed by atoms with Crippen LogP contribution < -0.4 is 0 Å². The summed E-state index contributed by atoms with van der Waals surface area (Å²) in [5.41, 5.74) is 0.141. The molecule has 5 heteroatoms. The molecule has 4 atom stereocenters. The van der Waals surface area contributed by atoms with E-state index in [9.17, 15) is 14.4 Å². The van der Waals surface area contributed by atoms with E-state index in [1.165, 1.54) is 11.6 Å². The summed E-state index contributed by atoms with van der Waals surface area (Å²) < 4.78 is 11.0. The first kappa shape index (κ1) is 16.9. The number of carbonyl (C=O) groups is 3. The van der Waals surface area contributed by atoms with Gasteiger partial charge >= 0.3 is 11.9 Å². The minimum Gasteiger partial charge on any atom is -0.466 e. The third-order valence-corrected chi connectivity index (χ3v) is 5.49. The molecule has 0 unspecified atom stereocenters. The molecule has 0 radical (unpaired) electrons. The fourth-order valence-corrected chi connectivity index (χ4v) is 4.51. The van der Waals surface area contributed by atoms with Crippen molar-refractivity contribution in [1.29, 1.82) is 0 Å². The molecule has 1 saturated carbocycles. The number of hydrogen-bond acceptors (Lipinski definition) is 5. The van der Waals surface area contributed by atoms with Crippen LogP contribution >= 0.6 is 0 Å². The van der Waals surface area contributed by atoms with Crippen molar-refractivity contribution in [2.24, 2.45) is 17.8 Å². The van der Waals surface area contributed by atoms with Crippen LogP contribution in [-0.2, 0) is 23.9 Å². The number of ether oxygens (including phenoxy) is 2. The summed E-state index contributed by atoms with van der Waals surface area (Å²) in [5.74, 6) is -1.64. The van der Waals surface area contributed by atoms with Gasteiger partial charge in [-0.15, -0.1) is 0 Å². The molecule has 130 valence electrons. The Morgan fingerprint density at radius 1 is 1.42 bits per heavy atom. The third kappa shape index (κ3) is 2.80. The zero-order chi connectivity index (χ0) is 17.2. The van der Waals surface area contributed by atoms with Crippen LogP contribution in [0.4, 0.5) is 0 Å². The molecule has 1 spiro atoms. The second-order valence-electron chi connectivity index (χ2n) is 6.79. The highest BCUT2D eigenvalue weighted by Crippen LogP contribution is 2.51. The Kier molecular flexibility index (Phi) is 4.88. The van der Waals surface area contributed by atoms with Crippen LogP contribution in [0.2, 0.25) is 0 Å². The van der Waals surface area contributed by atoms with Gasteiger partial charge in [-0.05, 0) is 38.2 Å². The topological polar surface area (TPSA) is 69.7 Å². The summed E-state index contributed by atoms with van der Waals surface area (Å²) in [6.07, 6.45) is 11.3. The zero-order valence-corrected chi connectivity index (χ0v) is 14.0. The fraction of sp³-hybridized carbons (Fsp3) is 0.632. The highest BCUT2D eigenvalue weighted by molar-refractivity contribution is 5.88. The van der Waals surface area contributed by atoms with Crippen molar-refractivity contribution in [3.8, 4) is 0 Å². The van der Waals surface area contributed by atoms with E-state index in [1.807, 2.05) is 0 Å². The second-order valence-corrected chi connectivity index (χ2v) is 6.79. The van der Waals surface area contributed by atoms with Gasteiger partial charge in [0.2, 0.25) is 0 Å². The molecular formula is C19H24O5. The lowest BCUT2D eigenvalue weighted by Gasteiger charge is -2.46. The molecule has 0 saturated heterocycles. The molecule has 0 bridgehead atoms. The molecule has 1 aliphatic heterocycles. The van der Waals surface area contributed by atoms with Gasteiger partial charge in [-0.1, -0.05) is 24.5 Å². The van der Waals surface area contributed by atoms with Crippen molar-refractivity contribution in [3.63, 3.8) is 0 Å². The van der Waals surface area contributed by atoms with Crippen molar-refractivity contribution in [2.45, 2.75) is 51.0 Å². The van der Waals surface area contributed by atoms with Crippen molar-refractivity contribution >= 4 is 18.2 Å². The van der Waals surface area contributed by atoms with Crippen LogP contribution in [0.5, 0.6) is 0 Å². The normalized spacial score (nSPS) is 35.0. The van der Waals surface area contributed by atoms with E-state index >= 15 is 0 Å². The number of carbonyl (C=O) groups excluding carboxylic acids is 3. The predicted octanol–water partition coefficient (Wildman–Crippen LogP) is 2.74. The largest absolute Gasteiger partial charge is 0.466 e. The molecule has 0 N–H and O–H groups in total. The summed E-state index contributed by atoms with van der Waals surface area (Å²) in [6, 6.07) is 0. The Morgan fingerprint density at radius 2 is 2.25 bits per heavy atom. The van der Waals surface area contributed by atoms with Gasteiger partial charge < -0.3 is 14.3 Å². The first-order valence-electron chi connectivity index (χ1n) is 8.85. The van der Waals surface area contributed by atoms with Crippen LogP contribution in [0, 0.1) is 17.8 Å². The van der Waals surface area contributed by atoms with E-state index in [-0.39, 0.29) is 30.8 Å². The highest BCUT2D eigenvalue weighted by Gasteiger charge is 2.58. The Morgan fingerprint density at radius 3 is 2.92 bits per heavy atom. The van der Waals surface area contributed by atoms with Gasteiger partial charge in [0.25, 0.3) is 0 Å². The average molecular weight is 332 g/mol.